The van der Waals surface area contributed by atoms with Crippen molar-refractivity contribution >= 4 is 18.3 Å². The van der Waals surface area contributed by atoms with E-state index in [4.69, 9.17) is 4.52 Å². The van der Waals surface area contributed by atoms with Gasteiger partial charge < -0.3 is 14.7 Å². The molecule has 1 N–H and O–H groups in total. The number of rotatable bonds is 2. The summed E-state index contributed by atoms with van der Waals surface area (Å²) in [4.78, 5) is 14.4. The average molecular weight is 314 g/mol. The minimum atomic E-state index is -0.00247. The van der Waals surface area contributed by atoms with E-state index < -0.39 is 0 Å². The molecule has 118 valence electrons. The molecule has 2 aliphatic rings. The summed E-state index contributed by atoms with van der Waals surface area (Å²) in [5, 5.41) is 7.43. The Balaban J connectivity index is 0.00000161. The van der Waals surface area contributed by atoms with Crippen LogP contribution in [0, 0.1) is 11.8 Å². The van der Waals surface area contributed by atoms with Gasteiger partial charge >= 0.3 is 0 Å². The smallest absolute Gasteiger partial charge is 0.292 e. The molecule has 3 rings (SSSR count). The van der Waals surface area contributed by atoms with E-state index in [0.717, 1.165) is 56.6 Å². The Bertz CT molecular complexity index is 475. The number of carbonyl (C=O) groups excluding carboxylic acids is 1. The first-order valence-electron chi connectivity index (χ1n) is 7.61. The van der Waals surface area contributed by atoms with E-state index in [1.54, 1.807) is 6.07 Å². The first-order valence-corrected chi connectivity index (χ1v) is 7.61. The maximum Gasteiger partial charge on any atom is 0.292 e. The third-order valence-electron chi connectivity index (χ3n) is 4.64. The lowest BCUT2D eigenvalue weighted by Gasteiger charge is -2.19. The molecule has 5 nitrogen and oxygen atoms in total. The van der Waals surface area contributed by atoms with Crippen molar-refractivity contribution in [1.82, 2.24) is 15.4 Å². The Morgan fingerprint density at radius 1 is 1.33 bits per heavy atom. The second-order valence-electron chi connectivity index (χ2n) is 6.32. The summed E-state index contributed by atoms with van der Waals surface area (Å²) in [6.45, 7) is 7.97. The summed E-state index contributed by atoms with van der Waals surface area (Å²) < 4.78 is 5.22. The Morgan fingerprint density at radius 3 is 2.48 bits per heavy atom. The summed E-state index contributed by atoms with van der Waals surface area (Å²) in [7, 11) is 0. The zero-order chi connectivity index (χ0) is 14.1. The van der Waals surface area contributed by atoms with Gasteiger partial charge in [0.2, 0.25) is 5.76 Å². The Hall–Kier alpha value is -1.07. The third-order valence-corrected chi connectivity index (χ3v) is 4.64. The predicted molar refractivity (Wildman–Crippen MR) is 82.8 cm³/mol. The number of nitrogens with zero attached hydrogens (tertiary/aromatic N) is 2. The fourth-order valence-corrected chi connectivity index (χ4v) is 3.24. The van der Waals surface area contributed by atoms with Gasteiger partial charge in [0.1, 0.15) is 0 Å². The first-order chi connectivity index (χ1) is 9.65. The number of likely N-dealkylation sites (tertiary alicyclic amines) is 1. The van der Waals surface area contributed by atoms with E-state index in [1.165, 1.54) is 0 Å². The Labute approximate surface area is 131 Å². The SMILES string of the molecule is CC(C)c1cc(C(=O)N2CC[C@@H]3CNC[C@@H]3CC2)on1.Cl. The second kappa shape index (κ2) is 6.79. The number of hydrogen-bond acceptors (Lipinski definition) is 4. The molecule has 0 aromatic carbocycles. The summed E-state index contributed by atoms with van der Waals surface area (Å²) in [5.74, 6) is 2.13. The molecule has 2 aliphatic heterocycles. The molecule has 2 saturated heterocycles. The number of amides is 1. The zero-order valence-electron chi connectivity index (χ0n) is 12.7. The van der Waals surface area contributed by atoms with Gasteiger partial charge in [-0.25, -0.2) is 0 Å². The molecule has 6 heteroatoms. The summed E-state index contributed by atoms with van der Waals surface area (Å²) in [6, 6.07) is 1.79. The highest BCUT2D eigenvalue weighted by molar-refractivity contribution is 5.91. The van der Waals surface area contributed by atoms with Gasteiger partial charge in [0.05, 0.1) is 5.69 Å². The molecule has 1 aromatic rings. The molecule has 1 aromatic heterocycles. The molecule has 0 spiro atoms. The number of halogens is 1. The lowest BCUT2D eigenvalue weighted by molar-refractivity contribution is 0.0716. The van der Waals surface area contributed by atoms with E-state index in [1.807, 2.05) is 18.7 Å². The van der Waals surface area contributed by atoms with E-state index >= 15 is 0 Å². The predicted octanol–water partition coefficient (Wildman–Crippen LogP) is 2.29. The summed E-state index contributed by atoms with van der Waals surface area (Å²) in [6.07, 6.45) is 2.18. The second-order valence-corrected chi connectivity index (χ2v) is 6.32. The lowest BCUT2D eigenvalue weighted by Crippen LogP contribution is -2.32. The monoisotopic (exact) mass is 313 g/mol. The molecule has 3 heterocycles. The van der Waals surface area contributed by atoms with Crippen LogP contribution in [0.1, 0.15) is 48.9 Å². The molecular formula is C15H24ClN3O2. The van der Waals surface area contributed by atoms with Crippen molar-refractivity contribution in [3.8, 4) is 0 Å². The molecule has 2 atom stereocenters. The highest BCUT2D eigenvalue weighted by Gasteiger charge is 2.32. The molecular weight excluding hydrogens is 290 g/mol. The van der Waals surface area contributed by atoms with Crippen LogP contribution in [-0.4, -0.2) is 42.1 Å². The highest BCUT2D eigenvalue weighted by atomic mass is 35.5. The maximum absolute atomic E-state index is 12.5. The molecule has 0 saturated carbocycles. The van der Waals surface area contributed by atoms with Crippen LogP contribution in [0.3, 0.4) is 0 Å². The Kier molecular flexibility index (Phi) is 5.27. The number of hydrogen-bond donors (Lipinski definition) is 1. The first kappa shape index (κ1) is 16.3. The topological polar surface area (TPSA) is 58.4 Å². The van der Waals surface area contributed by atoms with Crippen LogP contribution in [-0.2, 0) is 0 Å². The van der Waals surface area contributed by atoms with Crippen LogP contribution in [0.5, 0.6) is 0 Å². The lowest BCUT2D eigenvalue weighted by atomic mass is 9.92. The number of nitrogens with one attached hydrogen (secondary N) is 1. The van der Waals surface area contributed by atoms with Crippen molar-refractivity contribution in [2.75, 3.05) is 26.2 Å². The van der Waals surface area contributed by atoms with Gasteiger partial charge in [0.15, 0.2) is 0 Å². The van der Waals surface area contributed by atoms with Crippen molar-refractivity contribution < 1.29 is 9.32 Å². The molecule has 0 radical (unpaired) electrons. The fourth-order valence-electron chi connectivity index (χ4n) is 3.24. The largest absolute Gasteiger partial charge is 0.351 e. The van der Waals surface area contributed by atoms with E-state index in [0.29, 0.717) is 5.76 Å². The number of carbonyl (C=O) groups is 1. The van der Waals surface area contributed by atoms with E-state index in [9.17, 15) is 4.79 Å². The number of fused-ring (bicyclic) bond motifs is 1. The van der Waals surface area contributed by atoms with Crippen molar-refractivity contribution in [2.45, 2.75) is 32.6 Å². The summed E-state index contributed by atoms with van der Waals surface area (Å²) in [5.41, 5.74) is 0.851. The molecule has 0 bridgehead atoms. The molecule has 1 amide bonds. The van der Waals surface area contributed by atoms with E-state index in [-0.39, 0.29) is 24.2 Å². The molecule has 0 aliphatic carbocycles. The van der Waals surface area contributed by atoms with Gasteiger partial charge in [0.25, 0.3) is 5.91 Å². The highest BCUT2D eigenvalue weighted by Crippen LogP contribution is 2.28. The van der Waals surface area contributed by atoms with Gasteiger partial charge in [-0.2, -0.15) is 0 Å². The summed E-state index contributed by atoms with van der Waals surface area (Å²) >= 11 is 0. The molecule has 21 heavy (non-hydrogen) atoms. The normalized spacial score (nSPS) is 25.4. The van der Waals surface area contributed by atoms with Crippen LogP contribution >= 0.6 is 12.4 Å². The number of aromatic nitrogens is 1. The van der Waals surface area contributed by atoms with Gasteiger partial charge in [-0.3, -0.25) is 4.79 Å². The van der Waals surface area contributed by atoms with Crippen LogP contribution in [0.25, 0.3) is 0 Å². The van der Waals surface area contributed by atoms with Crippen LogP contribution < -0.4 is 5.32 Å². The third kappa shape index (κ3) is 3.40. The van der Waals surface area contributed by atoms with Crippen molar-refractivity contribution in [2.24, 2.45) is 11.8 Å². The maximum atomic E-state index is 12.5. The quantitative estimate of drug-likeness (QED) is 0.910. The minimum absolute atomic E-state index is 0. The molecule has 2 fully saturated rings. The average Bonchev–Trinajstić information content (AvgIpc) is 3.04. The van der Waals surface area contributed by atoms with Gasteiger partial charge in [0, 0.05) is 19.2 Å². The van der Waals surface area contributed by atoms with Crippen LogP contribution in [0.2, 0.25) is 0 Å². The van der Waals surface area contributed by atoms with Crippen LogP contribution in [0.4, 0.5) is 0 Å². The van der Waals surface area contributed by atoms with Crippen molar-refractivity contribution in [1.29, 1.82) is 0 Å². The van der Waals surface area contributed by atoms with Gasteiger partial charge in [-0.1, -0.05) is 19.0 Å². The van der Waals surface area contributed by atoms with Crippen LogP contribution in [0.15, 0.2) is 10.6 Å². The van der Waals surface area contributed by atoms with Crippen molar-refractivity contribution in [3.05, 3.63) is 17.5 Å². The van der Waals surface area contributed by atoms with Crippen molar-refractivity contribution in [3.63, 3.8) is 0 Å². The zero-order valence-corrected chi connectivity index (χ0v) is 13.5. The molecule has 0 unspecified atom stereocenters. The Morgan fingerprint density at radius 2 is 1.95 bits per heavy atom. The fraction of sp³-hybridized carbons (Fsp3) is 0.733. The van der Waals surface area contributed by atoms with E-state index in [2.05, 4.69) is 10.5 Å². The minimum Gasteiger partial charge on any atom is -0.351 e. The van der Waals surface area contributed by atoms with Gasteiger partial charge in [-0.05, 0) is 43.7 Å². The van der Waals surface area contributed by atoms with Gasteiger partial charge in [-0.15, -0.1) is 12.4 Å². The standard InChI is InChI=1S/C15H23N3O2.ClH/c1-10(2)13-7-14(20-17-13)15(19)18-5-3-11-8-16-9-12(11)4-6-18;/h7,10-12,16H,3-6,8-9H2,1-2H3;1H/t11-,12+;.